The minimum absolute atomic E-state index is 0.250. The van der Waals surface area contributed by atoms with Crippen LogP contribution in [0.3, 0.4) is 0 Å². The number of halogens is 4. The summed E-state index contributed by atoms with van der Waals surface area (Å²) in [5.74, 6) is -5.96. The first-order valence-corrected chi connectivity index (χ1v) is 7.71. The number of amides is 3. The van der Waals surface area contributed by atoms with Crippen molar-refractivity contribution in [2.45, 2.75) is 12.5 Å². The van der Waals surface area contributed by atoms with Crippen molar-refractivity contribution in [3.63, 3.8) is 0 Å². The molecule has 1 N–H and O–H groups in total. The zero-order chi connectivity index (χ0) is 19.9. The van der Waals surface area contributed by atoms with Crippen LogP contribution in [0.15, 0.2) is 36.4 Å². The van der Waals surface area contributed by atoms with Crippen molar-refractivity contribution in [2.75, 3.05) is 6.54 Å². The van der Waals surface area contributed by atoms with Crippen molar-refractivity contribution in [1.82, 2.24) is 10.2 Å². The van der Waals surface area contributed by atoms with E-state index in [-0.39, 0.29) is 5.56 Å². The zero-order valence-corrected chi connectivity index (χ0v) is 13.9. The van der Waals surface area contributed by atoms with Crippen LogP contribution in [0.4, 0.5) is 22.4 Å². The molecule has 0 radical (unpaired) electrons. The number of imide groups is 1. The molecule has 0 aromatic heterocycles. The van der Waals surface area contributed by atoms with E-state index in [0.717, 1.165) is 30.3 Å². The topological polar surface area (TPSA) is 66.5 Å². The minimum atomic E-state index is -1.92. The van der Waals surface area contributed by atoms with Gasteiger partial charge >= 0.3 is 6.03 Å². The van der Waals surface area contributed by atoms with Crippen molar-refractivity contribution >= 4 is 17.7 Å². The highest BCUT2D eigenvalue weighted by molar-refractivity contribution is 6.11. The highest BCUT2D eigenvalue weighted by Crippen LogP contribution is 2.31. The average Bonchev–Trinajstić information content (AvgIpc) is 2.83. The van der Waals surface area contributed by atoms with Gasteiger partial charge < -0.3 is 5.32 Å². The van der Waals surface area contributed by atoms with E-state index in [1.165, 1.54) is 6.92 Å². The fourth-order valence-electron chi connectivity index (χ4n) is 2.81. The lowest BCUT2D eigenvalue weighted by Crippen LogP contribution is -2.42. The SMILES string of the molecule is C[C@@]1(c2cc(F)ccc2F)NC(=O)N(CC(=O)c2ccc(F)c(F)c2)C1=O. The smallest absolute Gasteiger partial charge is 0.319 e. The molecule has 0 unspecified atom stereocenters. The van der Waals surface area contributed by atoms with E-state index in [9.17, 15) is 31.9 Å². The largest absolute Gasteiger partial charge is 0.325 e. The molecule has 3 amide bonds. The maximum Gasteiger partial charge on any atom is 0.325 e. The predicted molar refractivity (Wildman–Crippen MR) is 84.6 cm³/mol. The van der Waals surface area contributed by atoms with Crippen LogP contribution >= 0.6 is 0 Å². The average molecular weight is 380 g/mol. The number of hydrogen-bond acceptors (Lipinski definition) is 3. The van der Waals surface area contributed by atoms with Gasteiger partial charge in [0.15, 0.2) is 17.4 Å². The Labute approximate surface area is 150 Å². The molecule has 0 aliphatic carbocycles. The standard InChI is InChI=1S/C18H12F4N2O3/c1-18(11-7-10(19)3-5-12(11)20)16(26)24(17(27)23-18)8-15(25)9-2-4-13(21)14(22)6-9/h2-7H,8H2,1H3,(H,23,27)/t18-/m0/s1. The van der Waals surface area contributed by atoms with E-state index in [0.29, 0.717) is 11.0 Å². The third-order valence-electron chi connectivity index (χ3n) is 4.29. The van der Waals surface area contributed by atoms with Crippen LogP contribution in [0.25, 0.3) is 0 Å². The Morgan fingerprint density at radius 1 is 1.00 bits per heavy atom. The van der Waals surface area contributed by atoms with Gasteiger partial charge in [0.25, 0.3) is 5.91 Å². The molecule has 1 heterocycles. The summed E-state index contributed by atoms with van der Waals surface area (Å²) < 4.78 is 53.8. The molecule has 27 heavy (non-hydrogen) atoms. The second kappa shape index (κ2) is 6.49. The molecule has 0 saturated carbocycles. The van der Waals surface area contributed by atoms with Gasteiger partial charge in [0.05, 0.1) is 6.54 Å². The van der Waals surface area contributed by atoms with E-state index in [4.69, 9.17) is 0 Å². The molecule has 0 spiro atoms. The van der Waals surface area contributed by atoms with Crippen molar-refractivity contribution in [3.8, 4) is 0 Å². The Hall–Kier alpha value is -3.23. The van der Waals surface area contributed by atoms with Crippen molar-refractivity contribution < 1.29 is 31.9 Å². The molecular formula is C18H12F4N2O3. The molecular weight excluding hydrogens is 368 g/mol. The first-order valence-electron chi connectivity index (χ1n) is 7.71. The summed E-state index contributed by atoms with van der Waals surface area (Å²) in [4.78, 5) is 37.5. The number of carbonyl (C=O) groups is 3. The van der Waals surface area contributed by atoms with Gasteiger partial charge in [0, 0.05) is 11.1 Å². The molecule has 2 aromatic rings. The number of benzene rings is 2. The monoisotopic (exact) mass is 380 g/mol. The summed E-state index contributed by atoms with van der Waals surface area (Å²) in [5.41, 5.74) is -2.57. The van der Waals surface area contributed by atoms with Crippen LogP contribution in [-0.2, 0) is 10.3 Å². The predicted octanol–water partition coefficient (Wildman–Crippen LogP) is 2.89. The Kier molecular flexibility index (Phi) is 4.46. The number of Topliss-reactive ketones (excluding diaryl/α,β-unsaturated/α-hetero) is 1. The summed E-state index contributed by atoms with van der Waals surface area (Å²) in [6.45, 7) is 0.398. The van der Waals surface area contributed by atoms with Crippen LogP contribution in [0, 0.1) is 23.3 Å². The summed E-state index contributed by atoms with van der Waals surface area (Å²) in [6.07, 6.45) is 0. The van der Waals surface area contributed by atoms with Crippen molar-refractivity contribution in [3.05, 3.63) is 70.8 Å². The number of rotatable bonds is 4. The lowest BCUT2D eigenvalue weighted by atomic mass is 9.91. The van der Waals surface area contributed by atoms with E-state index < -0.39 is 58.6 Å². The van der Waals surface area contributed by atoms with E-state index >= 15 is 0 Å². The molecule has 5 nitrogen and oxygen atoms in total. The molecule has 0 bridgehead atoms. The van der Waals surface area contributed by atoms with Gasteiger partial charge in [0.1, 0.15) is 17.2 Å². The van der Waals surface area contributed by atoms with Gasteiger partial charge in [-0.2, -0.15) is 0 Å². The lowest BCUT2D eigenvalue weighted by molar-refractivity contribution is -0.130. The number of ketones is 1. The minimum Gasteiger partial charge on any atom is -0.319 e. The Morgan fingerprint density at radius 3 is 2.33 bits per heavy atom. The number of carbonyl (C=O) groups excluding carboxylic acids is 3. The summed E-state index contributed by atoms with van der Waals surface area (Å²) >= 11 is 0. The highest BCUT2D eigenvalue weighted by Gasteiger charge is 2.50. The molecule has 9 heteroatoms. The van der Waals surface area contributed by atoms with E-state index in [1.54, 1.807) is 0 Å². The van der Waals surface area contributed by atoms with E-state index in [2.05, 4.69) is 5.32 Å². The molecule has 1 aliphatic heterocycles. The molecule has 1 saturated heterocycles. The molecule has 2 aromatic carbocycles. The van der Waals surface area contributed by atoms with Crippen LogP contribution in [0.2, 0.25) is 0 Å². The molecule has 3 rings (SSSR count). The normalized spacial score (nSPS) is 19.4. The molecule has 1 aliphatic rings. The Balaban J connectivity index is 1.89. The van der Waals surface area contributed by atoms with Crippen LogP contribution < -0.4 is 5.32 Å². The van der Waals surface area contributed by atoms with Crippen molar-refractivity contribution in [2.24, 2.45) is 0 Å². The number of urea groups is 1. The molecule has 140 valence electrons. The van der Waals surface area contributed by atoms with Gasteiger partial charge in [-0.1, -0.05) is 0 Å². The van der Waals surface area contributed by atoms with Gasteiger partial charge in [-0.05, 0) is 43.3 Å². The molecule has 1 fully saturated rings. The third kappa shape index (κ3) is 3.16. The summed E-state index contributed by atoms with van der Waals surface area (Å²) in [7, 11) is 0. The van der Waals surface area contributed by atoms with Gasteiger partial charge in [0.2, 0.25) is 0 Å². The van der Waals surface area contributed by atoms with Gasteiger partial charge in [-0.25, -0.2) is 22.4 Å². The number of nitrogens with one attached hydrogen (secondary N) is 1. The van der Waals surface area contributed by atoms with Crippen LogP contribution in [-0.4, -0.2) is 29.2 Å². The maximum absolute atomic E-state index is 14.1. The van der Waals surface area contributed by atoms with Gasteiger partial charge in [-0.15, -0.1) is 0 Å². The maximum atomic E-state index is 14.1. The number of nitrogens with zero attached hydrogens (tertiary/aromatic N) is 1. The first kappa shape index (κ1) is 18.6. The van der Waals surface area contributed by atoms with E-state index in [1.807, 2.05) is 0 Å². The molecule has 1 atom stereocenters. The fraction of sp³-hybridized carbons (Fsp3) is 0.167. The van der Waals surface area contributed by atoms with Gasteiger partial charge in [-0.3, -0.25) is 14.5 Å². The second-order valence-corrected chi connectivity index (χ2v) is 6.12. The zero-order valence-electron chi connectivity index (χ0n) is 13.9. The van der Waals surface area contributed by atoms with Crippen LogP contribution in [0.1, 0.15) is 22.8 Å². The lowest BCUT2D eigenvalue weighted by Gasteiger charge is -2.22. The second-order valence-electron chi connectivity index (χ2n) is 6.12. The summed E-state index contributed by atoms with van der Waals surface area (Å²) in [6, 6.07) is 3.82. The highest BCUT2D eigenvalue weighted by atomic mass is 19.2. The summed E-state index contributed by atoms with van der Waals surface area (Å²) in [5, 5.41) is 2.24. The fourth-order valence-corrected chi connectivity index (χ4v) is 2.81. The number of hydrogen-bond donors (Lipinski definition) is 1. The first-order chi connectivity index (χ1) is 12.6. The third-order valence-corrected chi connectivity index (χ3v) is 4.29. The Morgan fingerprint density at radius 2 is 1.67 bits per heavy atom. The van der Waals surface area contributed by atoms with Crippen LogP contribution in [0.5, 0.6) is 0 Å². The quantitative estimate of drug-likeness (QED) is 0.504. The van der Waals surface area contributed by atoms with Crippen molar-refractivity contribution in [1.29, 1.82) is 0 Å². The Bertz CT molecular complexity index is 979.